The number of methoxy groups -OCH3 is 3. The molecule has 1 amide bonds. The molecule has 10 heteroatoms. The van der Waals surface area contributed by atoms with Gasteiger partial charge in [0.2, 0.25) is 5.91 Å². The average Bonchev–Trinajstić information content (AvgIpc) is 2.89. The van der Waals surface area contributed by atoms with E-state index in [1.165, 1.54) is 26.4 Å². The van der Waals surface area contributed by atoms with Crippen molar-refractivity contribution in [3.8, 4) is 23.0 Å². The Labute approximate surface area is 205 Å². The van der Waals surface area contributed by atoms with Gasteiger partial charge in [0.1, 0.15) is 24.7 Å². The molecule has 0 heterocycles. The first kappa shape index (κ1) is 25.7. The summed E-state index contributed by atoms with van der Waals surface area (Å²) < 4.78 is 49.5. The third-order valence-electron chi connectivity index (χ3n) is 5.04. The Bertz CT molecular complexity index is 1230. The maximum absolute atomic E-state index is 13.5. The maximum atomic E-state index is 13.5. The highest BCUT2D eigenvalue weighted by atomic mass is 32.2. The van der Waals surface area contributed by atoms with Gasteiger partial charge in [-0.2, -0.15) is 0 Å². The van der Waals surface area contributed by atoms with E-state index in [-0.39, 0.29) is 23.7 Å². The van der Waals surface area contributed by atoms with Crippen LogP contribution in [0.5, 0.6) is 23.0 Å². The zero-order chi connectivity index (χ0) is 25.3. The van der Waals surface area contributed by atoms with Crippen molar-refractivity contribution < 1.29 is 32.2 Å². The lowest BCUT2D eigenvalue weighted by atomic mass is 10.3. The number of nitrogens with one attached hydrogen (secondary N) is 1. The molecule has 186 valence electrons. The van der Waals surface area contributed by atoms with Crippen LogP contribution in [0.3, 0.4) is 0 Å². The Kier molecular flexibility index (Phi) is 8.80. The van der Waals surface area contributed by atoms with Gasteiger partial charge in [0.15, 0.2) is 11.5 Å². The minimum Gasteiger partial charge on any atom is -0.497 e. The third-order valence-corrected chi connectivity index (χ3v) is 6.81. The zero-order valence-electron chi connectivity index (χ0n) is 19.8. The average molecular weight is 501 g/mol. The Morgan fingerprint density at radius 1 is 0.800 bits per heavy atom. The van der Waals surface area contributed by atoms with Gasteiger partial charge in [-0.3, -0.25) is 9.10 Å². The summed E-state index contributed by atoms with van der Waals surface area (Å²) in [5, 5.41) is 2.70. The highest BCUT2D eigenvalue weighted by Crippen LogP contribution is 2.32. The number of benzene rings is 3. The van der Waals surface area contributed by atoms with Crippen LogP contribution in [0.2, 0.25) is 0 Å². The van der Waals surface area contributed by atoms with Crippen molar-refractivity contribution in [2.75, 3.05) is 45.3 Å². The summed E-state index contributed by atoms with van der Waals surface area (Å²) in [6.07, 6.45) is 0. The molecule has 0 radical (unpaired) electrons. The second-order valence-corrected chi connectivity index (χ2v) is 9.07. The Hall–Kier alpha value is -3.92. The molecule has 3 aromatic rings. The predicted molar refractivity (Wildman–Crippen MR) is 132 cm³/mol. The summed E-state index contributed by atoms with van der Waals surface area (Å²) in [6.45, 7) is -0.116. The highest BCUT2D eigenvalue weighted by molar-refractivity contribution is 7.92. The molecular weight excluding hydrogens is 472 g/mol. The van der Waals surface area contributed by atoms with Crippen molar-refractivity contribution in [1.82, 2.24) is 5.32 Å². The Morgan fingerprint density at radius 2 is 1.40 bits per heavy atom. The van der Waals surface area contributed by atoms with Crippen LogP contribution in [-0.2, 0) is 14.8 Å². The number of carbonyl (C=O) groups is 1. The van der Waals surface area contributed by atoms with Crippen molar-refractivity contribution in [1.29, 1.82) is 0 Å². The Balaban J connectivity index is 1.76. The van der Waals surface area contributed by atoms with Gasteiger partial charge in [0.05, 0.1) is 38.5 Å². The van der Waals surface area contributed by atoms with E-state index >= 15 is 0 Å². The lowest BCUT2D eigenvalue weighted by Gasteiger charge is -2.25. The van der Waals surface area contributed by atoms with Gasteiger partial charge in [-0.25, -0.2) is 8.42 Å². The van der Waals surface area contributed by atoms with E-state index < -0.39 is 22.5 Å². The van der Waals surface area contributed by atoms with Crippen molar-refractivity contribution in [3.63, 3.8) is 0 Å². The molecule has 3 aromatic carbocycles. The molecule has 0 atom stereocenters. The second-order valence-electron chi connectivity index (χ2n) is 7.21. The lowest BCUT2D eigenvalue weighted by molar-refractivity contribution is -0.119. The summed E-state index contributed by atoms with van der Waals surface area (Å²) >= 11 is 0. The van der Waals surface area contributed by atoms with Crippen molar-refractivity contribution in [3.05, 3.63) is 72.8 Å². The highest BCUT2D eigenvalue weighted by Gasteiger charge is 2.29. The molecule has 0 aliphatic heterocycles. The van der Waals surface area contributed by atoms with Crippen molar-refractivity contribution in [2.24, 2.45) is 0 Å². The summed E-state index contributed by atoms with van der Waals surface area (Å²) in [4.78, 5) is 12.8. The molecule has 0 unspecified atom stereocenters. The van der Waals surface area contributed by atoms with E-state index in [0.29, 0.717) is 23.0 Å². The molecular formula is C25H28N2O7S. The molecule has 0 spiro atoms. The van der Waals surface area contributed by atoms with Crippen molar-refractivity contribution in [2.45, 2.75) is 4.90 Å². The molecule has 1 N–H and O–H groups in total. The van der Waals surface area contributed by atoms with Gasteiger partial charge in [0.25, 0.3) is 10.0 Å². The topological polar surface area (TPSA) is 103 Å². The fraction of sp³-hybridized carbons (Fsp3) is 0.240. The predicted octanol–water partition coefficient (Wildman–Crippen LogP) is 3.10. The summed E-state index contributed by atoms with van der Waals surface area (Å²) in [6, 6.07) is 19.7. The van der Waals surface area contributed by atoms with Gasteiger partial charge in [0, 0.05) is 0 Å². The minimum atomic E-state index is -4.10. The first-order valence-corrected chi connectivity index (χ1v) is 12.2. The number of hydrogen-bond acceptors (Lipinski definition) is 7. The normalized spacial score (nSPS) is 10.8. The van der Waals surface area contributed by atoms with Gasteiger partial charge < -0.3 is 24.3 Å². The molecule has 0 bridgehead atoms. The standard InChI is InChI=1S/C25H28N2O7S/c1-31-19-12-14-20(15-13-19)35(29,30)27(21-8-4-5-9-22(21)32-2)18-25(28)26-16-17-34-24-11-7-6-10-23(24)33-3/h4-15H,16-18H2,1-3H3,(H,26,28). The first-order valence-electron chi connectivity index (χ1n) is 10.7. The van der Waals surface area contributed by atoms with E-state index in [4.69, 9.17) is 18.9 Å². The van der Waals surface area contributed by atoms with Crippen LogP contribution in [0.1, 0.15) is 0 Å². The van der Waals surface area contributed by atoms with E-state index in [1.807, 2.05) is 12.1 Å². The monoisotopic (exact) mass is 500 g/mol. The zero-order valence-corrected chi connectivity index (χ0v) is 20.6. The molecule has 35 heavy (non-hydrogen) atoms. The van der Waals surface area contributed by atoms with Gasteiger partial charge >= 0.3 is 0 Å². The quantitative estimate of drug-likeness (QED) is 0.381. The molecule has 0 aliphatic carbocycles. The van der Waals surface area contributed by atoms with Crippen LogP contribution < -0.4 is 28.6 Å². The van der Waals surface area contributed by atoms with Crippen LogP contribution >= 0.6 is 0 Å². The summed E-state index contributed by atoms with van der Waals surface area (Å²) in [5.41, 5.74) is 0.242. The number of carbonyl (C=O) groups excluding carboxylic acids is 1. The third kappa shape index (κ3) is 6.36. The number of nitrogens with zero attached hydrogens (tertiary/aromatic N) is 1. The number of amides is 1. The van der Waals surface area contributed by atoms with Gasteiger partial charge in [-0.1, -0.05) is 24.3 Å². The van der Waals surface area contributed by atoms with Crippen LogP contribution in [0.15, 0.2) is 77.7 Å². The van der Waals surface area contributed by atoms with Crippen LogP contribution in [0.4, 0.5) is 5.69 Å². The summed E-state index contributed by atoms with van der Waals surface area (Å²) in [7, 11) is 0.371. The number of sulfonamides is 1. The molecule has 0 saturated heterocycles. The van der Waals surface area contributed by atoms with E-state index in [9.17, 15) is 13.2 Å². The smallest absolute Gasteiger partial charge is 0.264 e. The lowest BCUT2D eigenvalue weighted by Crippen LogP contribution is -2.42. The van der Waals surface area contributed by atoms with Crippen molar-refractivity contribution >= 4 is 21.6 Å². The number of para-hydroxylation sites is 4. The SMILES string of the molecule is COc1ccc(S(=O)(=O)N(CC(=O)NCCOc2ccccc2OC)c2ccccc2OC)cc1. The van der Waals surface area contributed by atoms with Crippen LogP contribution in [0.25, 0.3) is 0 Å². The first-order chi connectivity index (χ1) is 16.9. The number of rotatable bonds is 12. The second kappa shape index (κ2) is 12.0. The fourth-order valence-electron chi connectivity index (χ4n) is 3.29. The number of hydrogen-bond donors (Lipinski definition) is 1. The largest absolute Gasteiger partial charge is 0.497 e. The van der Waals surface area contributed by atoms with Crippen LogP contribution in [0, 0.1) is 0 Å². The molecule has 0 aromatic heterocycles. The molecule has 9 nitrogen and oxygen atoms in total. The summed E-state index contributed by atoms with van der Waals surface area (Å²) in [5.74, 6) is 1.45. The maximum Gasteiger partial charge on any atom is 0.264 e. The fourth-order valence-corrected chi connectivity index (χ4v) is 4.72. The minimum absolute atomic E-state index is 0.0107. The molecule has 3 rings (SSSR count). The Morgan fingerprint density at radius 3 is 2.03 bits per heavy atom. The van der Waals surface area contributed by atoms with Gasteiger partial charge in [-0.05, 0) is 48.5 Å². The number of anilines is 1. The molecule has 0 aliphatic rings. The molecule has 0 fully saturated rings. The van der Waals surface area contributed by atoms with Crippen LogP contribution in [-0.4, -0.2) is 55.4 Å². The van der Waals surface area contributed by atoms with E-state index in [0.717, 1.165) is 4.31 Å². The van der Waals surface area contributed by atoms with E-state index in [2.05, 4.69) is 5.32 Å². The van der Waals surface area contributed by atoms with Gasteiger partial charge in [-0.15, -0.1) is 0 Å². The molecule has 0 saturated carbocycles. The number of ether oxygens (including phenoxy) is 4. The van der Waals surface area contributed by atoms with E-state index in [1.54, 1.807) is 55.6 Å².